The minimum absolute atomic E-state index is 0.387. The number of anilines is 1. The van der Waals surface area contributed by atoms with E-state index in [-0.39, 0.29) is 0 Å². The number of pyridine rings is 2. The molecule has 0 radical (unpaired) electrons. The van der Waals surface area contributed by atoms with Crippen molar-refractivity contribution in [2.45, 2.75) is 13.5 Å². The van der Waals surface area contributed by atoms with Crippen LogP contribution in [0.1, 0.15) is 11.3 Å². The molecule has 0 aliphatic heterocycles. The van der Waals surface area contributed by atoms with Gasteiger partial charge in [0.1, 0.15) is 29.7 Å². The number of fused-ring (bicyclic) bond motifs is 1. The van der Waals surface area contributed by atoms with Gasteiger partial charge in [-0.05, 0) is 56.9 Å². The van der Waals surface area contributed by atoms with Crippen LogP contribution in [0.15, 0.2) is 67.4 Å². The Morgan fingerprint density at radius 2 is 1.74 bits per heavy atom. The molecule has 0 fully saturated rings. The predicted molar refractivity (Wildman–Crippen MR) is 142 cm³/mol. The largest absolute Gasteiger partial charge is 0.490 e. The maximum Gasteiger partial charge on any atom is 0.180 e. The van der Waals surface area contributed by atoms with E-state index in [4.69, 9.17) is 9.72 Å². The molecule has 194 valence electrons. The molecule has 0 unspecified atom stereocenters. The van der Waals surface area contributed by atoms with Gasteiger partial charge >= 0.3 is 0 Å². The van der Waals surface area contributed by atoms with Crippen LogP contribution in [-0.4, -0.2) is 56.5 Å². The number of rotatable bonds is 9. The molecule has 0 saturated carbocycles. The maximum atomic E-state index is 13.8. The van der Waals surface area contributed by atoms with Gasteiger partial charge in [0.05, 0.1) is 11.9 Å². The molecule has 0 atom stereocenters. The van der Waals surface area contributed by atoms with Crippen LogP contribution in [0.25, 0.3) is 28.2 Å². The van der Waals surface area contributed by atoms with Crippen LogP contribution in [0.3, 0.4) is 0 Å². The molecule has 10 heteroatoms. The molecule has 1 N–H and O–H groups in total. The summed E-state index contributed by atoms with van der Waals surface area (Å²) < 4.78 is 35.5. The van der Waals surface area contributed by atoms with Crippen molar-refractivity contribution in [3.05, 3.63) is 90.3 Å². The number of nitrogens with zero attached hydrogens (tertiary/aromatic N) is 6. The number of aryl methyl sites for hydroxylation is 1. The second-order valence-corrected chi connectivity index (χ2v) is 9.15. The molecule has 38 heavy (non-hydrogen) atoms. The van der Waals surface area contributed by atoms with Gasteiger partial charge in [-0.1, -0.05) is 0 Å². The lowest BCUT2D eigenvalue weighted by Crippen LogP contribution is -2.19. The van der Waals surface area contributed by atoms with Gasteiger partial charge in [-0.25, -0.2) is 18.7 Å². The van der Waals surface area contributed by atoms with Crippen LogP contribution >= 0.6 is 0 Å². The summed E-state index contributed by atoms with van der Waals surface area (Å²) in [6, 6.07) is 9.24. The van der Waals surface area contributed by atoms with Crippen molar-refractivity contribution in [3.63, 3.8) is 0 Å². The van der Waals surface area contributed by atoms with Crippen molar-refractivity contribution >= 4 is 11.5 Å². The van der Waals surface area contributed by atoms with Gasteiger partial charge in [-0.3, -0.25) is 14.4 Å². The van der Waals surface area contributed by atoms with E-state index in [2.05, 4.69) is 25.2 Å². The summed E-state index contributed by atoms with van der Waals surface area (Å²) in [5.74, 6) is -0.0913. The van der Waals surface area contributed by atoms with Gasteiger partial charge in [0.15, 0.2) is 11.5 Å². The zero-order chi connectivity index (χ0) is 26.6. The molecule has 5 aromatic rings. The van der Waals surface area contributed by atoms with E-state index in [1.165, 1.54) is 12.1 Å². The summed E-state index contributed by atoms with van der Waals surface area (Å²) in [6.45, 7) is 3.63. The highest BCUT2D eigenvalue weighted by atomic mass is 19.1. The SMILES string of the molecule is Cc1cc(-c2ncc(CNc3nccn4c(-c5cc(F)cc(F)c5)cnc34)cc2OCCN(C)C)ccn1. The van der Waals surface area contributed by atoms with Crippen molar-refractivity contribution in [1.29, 1.82) is 0 Å². The standard InChI is InChI=1S/C28H27F2N7O/c1-18-10-20(4-5-31-18)26-25(38-9-8-36(2)3)11-19(15-33-26)16-34-27-28-35-17-24(37(28)7-6-32-27)21-12-22(29)14-23(30)13-21/h4-7,10-15,17H,8-9,16H2,1-3H3,(H,32,34). The van der Waals surface area contributed by atoms with Gasteiger partial charge in [0.2, 0.25) is 0 Å². The highest BCUT2D eigenvalue weighted by Gasteiger charge is 2.14. The summed E-state index contributed by atoms with van der Waals surface area (Å²) in [6.07, 6.45) is 8.44. The third-order valence-electron chi connectivity index (χ3n) is 5.92. The van der Waals surface area contributed by atoms with Gasteiger partial charge in [-0.15, -0.1) is 0 Å². The number of hydrogen-bond acceptors (Lipinski definition) is 7. The number of nitrogens with one attached hydrogen (secondary N) is 1. The quantitative estimate of drug-likeness (QED) is 0.296. The van der Waals surface area contributed by atoms with Crippen molar-refractivity contribution in [2.24, 2.45) is 0 Å². The first-order valence-electron chi connectivity index (χ1n) is 12.1. The Hall–Kier alpha value is -4.44. The molecule has 0 aliphatic rings. The number of aromatic nitrogens is 5. The maximum absolute atomic E-state index is 13.8. The first-order valence-corrected chi connectivity index (χ1v) is 12.1. The van der Waals surface area contributed by atoms with E-state index in [1.807, 2.05) is 39.2 Å². The molecule has 8 nitrogen and oxygen atoms in total. The number of hydrogen-bond donors (Lipinski definition) is 1. The van der Waals surface area contributed by atoms with E-state index in [1.54, 1.807) is 35.4 Å². The highest BCUT2D eigenvalue weighted by molar-refractivity contribution is 5.71. The molecule has 0 saturated heterocycles. The van der Waals surface area contributed by atoms with Gasteiger partial charge in [-0.2, -0.15) is 0 Å². The number of ether oxygens (including phenoxy) is 1. The third-order valence-corrected chi connectivity index (χ3v) is 5.92. The zero-order valence-electron chi connectivity index (χ0n) is 21.3. The molecule has 0 amide bonds. The fraction of sp³-hybridized carbons (Fsp3) is 0.214. The molecular formula is C28H27F2N7O. The normalized spacial score (nSPS) is 11.3. The van der Waals surface area contributed by atoms with Gasteiger partial charge < -0.3 is 15.0 Å². The molecule has 4 aromatic heterocycles. The molecule has 0 aliphatic carbocycles. The summed E-state index contributed by atoms with van der Waals surface area (Å²) in [5.41, 5.74) is 4.94. The minimum atomic E-state index is -0.649. The molecule has 0 bridgehead atoms. The molecule has 5 rings (SSSR count). The van der Waals surface area contributed by atoms with Crippen LogP contribution in [0.4, 0.5) is 14.6 Å². The van der Waals surface area contributed by atoms with Crippen LogP contribution < -0.4 is 10.1 Å². The van der Waals surface area contributed by atoms with Gasteiger partial charge in [0, 0.05) is 60.8 Å². The first-order chi connectivity index (χ1) is 18.4. The fourth-order valence-corrected chi connectivity index (χ4v) is 4.08. The Kier molecular flexibility index (Phi) is 7.23. The lowest BCUT2D eigenvalue weighted by molar-refractivity contribution is 0.261. The fourth-order valence-electron chi connectivity index (χ4n) is 4.08. The van der Waals surface area contributed by atoms with Crippen molar-refractivity contribution in [1.82, 2.24) is 29.2 Å². The molecule has 1 aromatic carbocycles. The Balaban J connectivity index is 1.41. The Labute approximate surface area is 219 Å². The van der Waals surface area contributed by atoms with E-state index in [9.17, 15) is 8.78 Å². The second kappa shape index (κ2) is 10.9. The molecule has 0 spiro atoms. The summed E-state index contributed by atoms with van der Waals surface area (Å²) in [5, 5.41) is 3.31. The summed E-state index contributed by atoms with van der Waals surface area (Å²) in [4.78, 5) is 19.9. The lowest BCUT2D eigenvalue weighted by Gasteiger charge is -2.15. The Morgan fingerprint density at radius 1 is 0.921 bits per heavy atom. The lowest BCUT2D eigenvalue weighted by atomic mass is 10.1. The number of imidazole rings is 1. The smallest absolute Gasteiger partial charge is 0.180 e. The Morgan fingerprint density at radius 3 is 2.50 bits per heavy atom. The first kappa shape index (κ1) is 25.2. The van der Waals surface area contributed by atoms with Crippen LogP contribution in [0.2, 0.25) is 0 Å². The minimum Gasteiger partial charge on any atom is -0.490 e. The molecular weight excluding hydrogens is 488 g/mol. The molecule has 4 heterocycles. The van der Waals surface area contributed by atoms with Gasteiger partial charge in [0.25, 0.3) is 0 Å². The average Bonchev–Trinajstić information content (AvgIpc) is 3.32. The van der Waals surface area contributed by atoms with Crippen LogP contribution in [0, 0.1) is 18.6 Å². The average molecular weight is 516 g/mol. The van der Waals surface area contributed by atoms with Crippen molar-refractivity contribution < 1.29 is 13.5 Å². The summed E-state index contributed by atoms with van der Waals surface area (Å²) >= 11 is 0. The van der Waals surface area contributed by atoms with E-state index >= 15 is 0 Å². The number of likely N-dealkylation sites (N-methyl/N-ethyl adjacent to an activating group) is 1. The van der Waals surface area contributed by atoms with E-state index in [0.717, 1.165) is 35.1 Å². The third kappa shape index (κ3) is 5.60. The Bertz CT molecular complexity index is 1570. The van der Waals surface area contributed by atoms with Crippen molar-refractivity contribution in [2.75, 3.05) is 32.6 Å². The number of benzene rings is 1. The van der Waals surface area contributed by atoms with Crippen LogP contribution in [0.5, 0.6) is 5.75 Å². The monoisotopic (exact) mass is 515 g/mol. The van der Waals surface area contributed by atoms with Crippen LogP contribution in [-0.2, 0) is 6.54 Å². The predicted octanol–water partition coefficient (Wildman–Crippen LogP) is 4.99. The second-order valence-electron chi connectivity index (χ2n) is 9.15. The highest BCUT2D eigenvalue weighted by Crippen LogP contribution is 2.30. The zero-order valence-corrected chi connectivity index (χ0v) is 21.3. The van der Waals surface area contributed by atoms with E-state index < -0.39 is 11.6 Å². The summed E-state index contributed by atoms with van der Waals surface area (Å²) in [7, 11) is 3.99. The number of halogens is 2. The van der Waals surface area contributed by atoms with E-state index in [0.29, 0.717) is 41.6 Å². The van der Waals surface area contributed by atoms with Crippen molar-refractivity contribution in [3.8, 4) is 28.3 Å². The topological polar surface area (TPSA) is 80.5 Å².